The lowest BCUT2D eigenvalue weighted by Crippen LogP contribution is -2.50. The Bertz CT molecular complexity index is 1190. The third-order valence-corrected chi connectivity index (χ3v) is 5.51. The van der Waals surface area contributed by atoms with Gasteiger partial charge in [0.1, 0.15) is 6.07 Å². The van der Waals surface area contributed by atoms with Gasteiger partial charge < -0.3 is 10.1 Å². The number of hydrogen-bond acceptors (Lipinski definition) is 4. The number of nitrogens with zero attached hydrogens (tertiary/aromatic N) is 1. The first kappa shape index (κ1) is 28.9. The second-order valence-electron chi connectivity index (χ2n) is 7.17. The number of halogens is 8. The van der Waals surface area contributed by atoms with Gasteiger partial charge >= 0.3 is 24.1 Å². The van der Waals surface area contributed by atoms with E-state index in [9.17, 15) is 45.6 Å². The van der Waals surface area contributed by atoms with Gasteiger partial charge in [-0.15, -0.1) is 0 Å². The SMILES string of the molecule is CCOC(=O)Nc1cc(C(=O)Nc2c(Br)cc(C(F)(C(F)(F)F)C(F)(F)F)cc2CC)ccc1C#N. The van der Waals surface area contributed by atoms with Crippen LogP contribution in [-0.4, -0.2) is 31.0 Å². The Morgan fingerprint density at radius 3 is 2.11 bits per heavy atom. The normalized spacial score (nSPS) is 12.0. The highest BCUT2D eigenvalue weighted by Gasteiger charge is 2.73. The predicted octanol–water partition coefficient (Wildman–Crippen LogP) is 6.99. The Morgan fingerprint density at radius 1 is 1.00 bits per heavy atom. The van der Waals surface area contributed by atoms with E-state index in [-0.39, 0.29) is 41.1 Å². The van der Waals surface area contributed by atoms with E-state index in [4.69, 9.17) is 4.74 Å². The minimum atomic E-state index is -6.30. The lowest BCUT2D eigenvalue weighted by molar-refractivity contribution is -0.348. The van der Waals surface area contributed by atoms with E-state index < -0.39 is 40.1 Å². The lowest BCUT2D eigenvalue weighted by atomic mass is 9.91. The predicted molar refractivity (Wildman–Crippen MR) is 118 cm³/mol. The molecule has 0 unspecified atom stereocenters. The minimum Gasteiger partial charge on any atom is -0.450 e. The van der Waals surface area contributed by atoms with Gasteiger partial charge in [0.05, 0.1) is 23.5 Å². The molecule has 2 aromatic carbocycles. The van der Waals surface area contributed by atoms with E-state index in [1.54, 1.807) is 13.0 Å². The molecule has 194 valence electrons. The van der Waals surface area contributed by atoms with Gasteiger partial charge in [0, 0.05) is 15.6 Å². The van der Waals surface area contributed by atoms with Crippen molar-refractivity contribution in [2.45, 2.75) is 38.3 Å². The molecule has 0 radical (unpaired) electrons. The summed E-state index contributed by atoms with van der Waals surface area (Å²) in [6.45, 7) is 2.95. The van der Waals surface area contributed by atoms with Crippen molar-refractivity contribution < 1.29 is 45.1 Å². The summed E-state index contributed by atoms with van der Waals surface area (Å²) < 4.78 is 97.9. The van der Waals surface area contributed by atoms with Crippen LogP contribution < -0.4 is 10.6 Å². The highest BCUT2D eigenvalue weighted by atomic mass is 79.9. The van der Waals surface area contributed by atoms with Crippen LogP contribution in [0.25, 0.3) is 0 Å². The van der Waals surface area contributed by atoms with E-state index in [0.29, 0.717) is 12.1 Å². The summed E-state index contributed by atoms with van der Waals surface area (Å²) in [6, 6.07) is 6.02. The molecule has 0 atom stereocenters. The molecule has 0 bridgehead atoms. The van der Waals surface area contributed by atoms with Crippen molar-refractivity contribution in [3.05, 3.63) is 57.1 Å². The summed E-state index contributed by atoms with van der Waals surface area (Å²) >= 11 is 2.82. The van der Waals surface area contributed by atoms with E-state index in [1.807, 2.05) is 0 Å². The van der Waals surface area contributed by atoms with Crippen molar-refractivity contribution in [3.8, 4) is 6.07 Å². The van der Waals surface area contributed by atoms with Gasteiger partial charge in [-0.25, -0.2) is 9.18 Å². The zero-order valence-corrected chi connectivity index (χ0v) is 20.1. The van der Waals surface area contributed by atoms with E-state index in [2.05, 4.69) is 26.6 Å². The molecule has 14 heteroatoms. The summed E-state index contributed by atoms with van der Waals surface area (Å²) in [5.41, 5.74) is -7.98. The summed E-state index contributed by atoms with van der Waals surface area (Å²) in [7, 11) is 0. The number of benzene rings is 2. The summed E-state index contributed by atoms with van der Waals surface area (Å²) in [5.74, 6) is -0.882. The number of amides is 2. The second kappa shape index (κ2) is 10.7. The standard InChI is InChI=1S/C22H17BrF7N3O3/c1-3-11-7-14(20(24,21(25,26)27)22(28,29)30)9-15(23)17(11)33-18(34)12-5-6-13(10-31)16(8-12)32-19(35)36-4-2/h5-9H,3-4H2,1-2H3,(H,32,35)(H,33,34). The van der Waals surface area contributed by atoms with Crippen LogP contribution in [-0.2, 0) is 16.8 Å². The third kappa shape index (κ3) is 5.72. The maximum atomic E-state index is 14.5. The molecular weight excluding hydrogens is 567 g/mol. The van der Waals surface area contributed by atoms with Crippen LogP contribution in [0, 0.1) is 11.3 Å². The molecule has 0 aliphatic rings. The first-order valence-electron chi connectivity index (χ1n) is 10.0. The maximum absolute atomic E-state index is 14.5. The molecule has 6 nitrogen and oxygen atoms in total. The molecule has 36 heavy (non-hydrogen) atoms. The number of carbonyl (C=O) groups excluding carboxylic acids is 2. The van der Waals surface area contributed by atoms with Crippen molar-refractivity contribution in [2.24, 2.45) is 0 Å². The van der Waals surface area contributed by atoms with Crippen LogP contribution in [0.1, 0.15) is 40.9 Å². The first-order chi connectivity index (χ1) is 16.6. The molecule has 2 rings (SSSR count). The molecule has 2 amide bonds. The number of ether oxygens (including phenoxy) is 1. The van der Waals surface area contributed by atoms with E-state index in [1.165, 1.54) is 19.1 Å². The van der Waals surface area contributed by atoms with Gasteiger partial charge in [-0.2, -0.15) is 31.6 Å². The summed E-state index contributed by atoms with van der Waals surface area (Å²) in [6.07, 6.45) is -13.7. The van der Waals surface area contributed by atoms with Crippen LogP contribution in [0.2, 0.25) is 0 Å². The number of rotatable bonds is 6. The first-order valence-corrected chi connectivity index (χ1v) is 10.8. The minimum absolute atomic E-state index is 0.0158. The lowest BCUT2D eigenvalue weighted by Gasteiger charge is -2.31. The van der Waals surface area contributed by atoms with Gasteiger partial charge in [-0.3, -0.25) is 10.1 Å². The Kier molecular flexibility index (Phi) is 8.61. The molecular formula is C22H17BrF7N3O3. The molecule has 0 aromatic heterocycles. The zero-order chi connectivity index (χ0) is 27.5. The molecule has 0 fully saturated rings. The van der Waals surface area contributed by atoms with Crippen LogP contribution in [0.5, 0.6) is 0 Å². The molecule has 0 saturated heterocycles. The molecule has 2 N–H and O–H groups in total. The number of carbonyl (C=O) groups is 2. The number of alkyl halides is 7. The molecule has 0 spiro atoms. The second-order valence-corrected chi connectivity index (χ2v) is 8.03. The van der Waals surface area contributed by atoms with Gasteiger partial charge in [-0.05, 0) is 65.2 Å². The van der Waals surface area contributed by atoms with Crippen LogP contribution in [0.15, 0.2) is 34.8 Å². The number of aryl methyl sites for hydroxylation is 1. The van der Waals surface area contributed by atoms with E-state index in [0.717, 1.165) is 6.07 Å². The maximum Gasteiger partial charge on any atom is 0.435 e. The number of nitrogens with one attached hydrogen (secondary N) is 2. The fourth-order valence-corrected chi connectivity index (χ4v) is 3.72. The zero-order valence-electron chi connectivity index (χ0n) is 18.5. The van der Waals surface area contributed by atoms with Crippen LogP contribution in [0.3, 0.4) is 0 Å². The quantitative estimate of drug-likeness (QED) is 0.358. The number of nitriles is 1. The Morgan fingerprint density at radius 2 is 1.61 bits per heavy atom. The highest BCUT2D eigenvalue weighted by Crippen LogP contribution is 2.54. The largest absolute Gasteiger partial charge is 0.450 e. The highest BCUT2D eigenvalue weighted by molar-refractivity contribution is 9.10. The van der Waals surface area contributed by atoms with Gasteiger partial charge in [0.25, 0.3) is 5.91 Å². The molecule has 2 aromatic rings. The average Bonchev–Trinajstić information content (AvgIpc) is 2.78. The molecule has 0 aliphatic heterocycles. The van der Waals surface area contributed by atoms with Crippen molar-refractivity contribution in [2.75, 3.05) is 17.2 Å². The van der Waals surface area contributed by atoms with Crippen molar-refractivity contribution in [1.82, 2.24) is 0 Å². The Labute approximate surface area is 208 Å². The monoisotopic (exact) mass is 583 g/mol. The average molecular weight is 584 g/mol. The fraction of sp³-hybridized carbons (Fsp3) is 0.318. The van der Waals surface area contributed by atoms with Gasteiger partial charge in [0.2, 0.25) is 0 Å². The topological polar surface area (TPSA) is 91.2 Å². The molecule has 0 aliphatic carbocycles. The van der Waals surface area contributed by atoms with Gasteiger partial charge in [0.15, 0.2) is 0 Å². The van der Waals surface area contributed by atoms with Crippen molar-refractivity contribution >= 4 is 39.3 Å². The van der Waals surface area contributed by atoms with Crippen molar-refractivity contribution in [1.29, 1.82) is 5.26 Å². The van der Waals surface area contributed by atoms with Crippen LogP contribution in [0.4, 0.5) is 46.9 Å². The Hall–Kier alpha value is -3.34. The van der Waals surface area contributed by atoms with Crippen LogP contribution >= 0.6 is 15.9 Å². The summed E-state index contributed by atoms with van der Waals surface area (Å²) in [4.78, 5) is 24.5. The number of hydrogen-bond donors (Lipinski definition) is 2. The smallest absolute Gasteiger partial charge is 0.435 e. The summed E-state index contributed by atoms with van der Waals surface area (Å²) in [5, 5.41) is 13.8. The Balaban J connectivity index is 2.50. The number of anilines is 2. The molecule has 0 saturated carbocycles. The van der Waals surface area contributed by atoms with Gasteiger partial charge in [-0.1, -0.05) is 6.92 Å². The fourth-order valence-electron chi connectivity index (χ4n) is 3.12. The van der Waals surface area contributed by atoms with E-state index >= 15 is 0 Å². The third-order valence-electron chi connectivity index (χ3n) is 4.88. The van der Waals surface area contributed by atoms with Crippen molar-refractivity contribution in [3.63, 3.8) is 0 Å². The molecule has 0 heterocycles.